The third-order valence-corrected chi connectivity index (χ3v) is 4.53. The van der Waals surface area contributed by atoms with Gasteiger partial charge in [-0.3, -0.25) is 0 Å². The Balaban J connectivity index is 2.16. The molecule has 0 aliphatic rings. The summed E-state index contributed by atoms with van der Waals surface area (Å²) in [6.07, 6.45) is 1.16. The van der Waals surface area contributed by atoms with E-state index in [0.717, 1.165) is 11.1 Å². The lowest BCUT2D eigenvalue weighted by Gasteiger charge is -2.14. The largest absolute Gasteiger partial charge is 0.337 e. The molecule has 0 bridgehead atoms. The van der Waals surface area contributed by atoms with Crippen molar-refractivity contribution >= 4 is 21.4 Å². The van der Waals surface area contributed by atoms with Crippen LogP contribution in [0.25, 0.3) is 10.7 Å². The monoisotopic (exact) mass is 287 g/mol. The second-order valence-corrected chi connectivity index (χ2v) is 6.61. The maximum Gasteiger partial charge on any atom is 0.242 e. The Morgan fingerprint density at radius 2 is 2.28 bits per heavy atom. The molecule has 0 fully saturated rings. The molecule has 2 aromatic heterocycles. The fourth-order valence-corrected chi connectivity index (χ4v) is 2.90. The van der Waals surface area contributed by atoms with Crippen LogP contribution in [0.1, 0.15) is 12.8 Å². The van der Waals surface area contributed by atoms with E-state index in [2.05, 4.69) is 10.1 Å². The van der Waals surface area contributed by atoms with Gasteiger partial charge in [0.05, 0.1) is 17.7 Å². The Labute approximate surface area is 109 Å². The van der Waals surface area contributed by atoms with Crippen LogP contribution in [0.4, 0.5) is 0 Å². The third-order valence-electron chi connectivity index (χ3n) is 2.34. The average molecular weight is 287 g/mol. The van der Waals surface area contributed by atoms with Crippen molar-refractivity contribution in [1.29, 1.82) is 0 Å². The van der Waals surface area contributed by atoms with Gasteiger partial charge in [-0.05, 0) is 11.4 Å². The minimum absolute atomic E-state index is 0.105. The Morgan fingerprint density at radius 1 is 1.50 bits per heavy atom. The molecular formula is C10H13N3O3S2. The molecule has 0 atom stereocenters. The van der Waals surface area contributed by atoms with E-state index in [1.54, 1.807) is 6.92 Å². The van der Waals surface area contributed by atoms with Crippen LogP contribution >= 0.6 is 11.3 Å². The highest BCUT2D eigenvalue weighted by molar-refractivity contribution is 7.88. The summed E-state index contributed by atoms with van der Waals surface area (Å²) in [6, 6.07) is 3.78. The van der Waals surface area contributed by atoms with Crippen molar-refractivity contribution < 1.29 is 12.9 Å². The SMILES string of the molecule is CCN(Cc1nc(-c2cccs2)no1)S(C)(=O)=O. The Bertz CT molecular complexity index is 604. The first-order valence-corrected chi connectivity index (χ1v) is 8.05. The van der Waals surface area contributed by atoms with Gasteiger partial charge < -0.3 is 4.52 Å². The van der Waals surface area contributed by atoms with E-state index < -0.39 is 10.0 Å². The summed E-state index contributed by atoms with van der Waals surface area (Å²) < 4.78 is 29.2. The molecule has 0 saturated heterocycles. The van der Waals surface area contributed by atoms with Gasteiger partial charge in [0.1, 0.15) is 0 Å². The van der Waals surface area contributed by atoms with E-state index in [9.17, 15) is 8.42 Å². The molecule has 0 spiro atoms. The quantitative estimate of drug-likeness (QED) is 0.834. The maximum atomic E-state index is 11.4. The van der Waals surface area contributed by atoms with Gasteiger partial charge in [-0.1, -0.05) is 18.1 Å². The molecule has 2 heterocycles. The van der Waals surface area contributed by atoms with Gasteiger partial charge in [0, 0.05) is 6.54 Å². The first-order chi connectivity index (χ1) is 8.50. The van der Waals surface area contributed by atoms with E-state index in [1.165, 1.54) is 15.6 Å². The zero-order chi connectivity index (χ0) is 13.2. The Kier molecular flexibility index (Phi) is 3.79. The smallest absolute Gasteiger partial charge is 0.242 e. The average Bonchev–Trinajstić information content (AvgIpc) is 2.94. The highest BCUT2D eigenvalue weighted by Crippen LogP contribution is 2.21. The summed E-state index contributed by atoms with van der Waals surface area (Å²) in [7, 11) is -3.25. The van der Waals surface area contributed by atoms with Gasteiger partial charge in [-0.25, -0.2) is 8.42 Å². The van der Waals surface area contributed by atoms with E-state index in [-0.39, 0.29) is 6.54 Å². The van der Waals surface area contributed by atoms with Gasteiger partial charge in [0.2, 0.25) is 21.7 Å². The number of hydrogen-bond donors (Lipinski definition) is 0. The molecule has 0 aliphatic heterocycles. The minimum Gasteiger partial charge on any atom is -0.337 e. The molecular weight excluding hydrogens is 274 g/mol. The Morgan fingerprint density at radius 3 is 2.83 bits per heavy atom. The summed E-state index contributed by atoms with van der Waals surface area (Å²) in [5.74, 6) is 0.787. The first-order valence-electron chi connectivity index (χ1n) is 5.32. The number of hydrogen-bond acceptors (Lipinski definition) is 6. The van der Waals surface area contributed by atoms with Crippen molar-refractivity contribution in [2.75, 3.05) is 12.8 Å². The van der Waals surface area contributed by atoms with Crippen LogP contribution in [0.2, 0.25) is 0 Å². The second kappa shape index (κ2) is 5.17. The molecule has 8 heteroatoms. The second-order valence-electron chi connectivity index (χ2n) is 3.68. The van der Waals surface area contributed by atoms with E-state index in [0.29, 0.717) is 18.3 Å². The molecule has 18 heavy (non-hydrogen) atoms. The normalized spacial score (nSPS) is 12.2. The molecule has 98 valence electrons. The van der Waals surface area contributed by atoms with Crippen LogP contribution < -0.4 is 0 Å². The molecule has 0 saturated carbocycles. The molecule has 0 unspecified atom stereocenters. The fraction of sp³-hybridized carbons (Fsp3) is 0.400. The lowest BCUT2D eigenvalue weighted by atomic mass is 10.4. The molecule has 0 aromatic carbocycles. The number of nitrogens with zero attached hydrogens (tertiary/aromatic N) is 3. The Hall–Kier alpha value is -1.25. The van der Waals surface area contributed by atoms with Crippen molar-refractivity contribution in [3.05, 3.63) is 23.4 Å². The zero-order valence-corrected chi connectivity index (χ0v) is 11.7. The fourth-order valence-electron chi connectivity index (χ4n) is 1.44. The molecule has 0 N–H and O–H groups in total. The number of aromatic nitrogens is 2. The minimum atomic E-state index is -3.25. The van der Waals surface area contributed by atoms with Gasteiger partial charge in [0.15, 0.2) is 0 Å². The topological polar surface area (TPSA) is 76.3 Å². The molecule has 2 aromatic rings. The molecule has 0 amide bonds. The predicted molar refractivity (Wildman–Crippen MR) is 68.5 cm³/mol. The summed E-state index contributed by atoms with van der Waals surface area (Å²) >= 11 is 1.50. The third kappa shape index (κ3) is 2.95. The molecule has 6 nitrogen and oxygen atoms in total. The summed E-state index contributed by atoms with van der Waals surface area (Å²) in [4.78, 5) is 5.08. The lowest BCUT2D eigenvalue weighted by Crippen LogP contribution is -2.29. The van der Waals surface area contributed by atoms with Crippen LogP contribution in [0.5, 0.6) is 0 Å². The molecule has 0 aliphatic carbocycles. The summed E-state index contributed by atoms with van der Waals surface area (Å²) in [6.45, 7) is 2.24. The van der Waals surface area contributed by atoms with E-state index in [4.69, 9.17) is 4.52 Å². The van der Waals surface area contributed by atoms with Gasteiger partial charge in [0.25, 0.3) is 0 Å². The van der Waals surface area contributed by atoms with Crippen LogP contribution in [0.3, 0.4) is 0 Å². The van der Waals surface area contributed by atoms with Crippen molar-refractivity contribution in [3.63, 3.8) is 0 Å². The van der Waals surface area contributed by atoms with Crippen LogP contribution in [-0.4, -0.2) is 35.7 Å². The van der Waals surface area contributed by atoms with Crippen molar-refractivity contribution in [1.82, 2.24) is 14.4 Å². The van der Waals surface area contributed by atoms with E-state index in [1.807, 2.05) is 17.5 Å². The maximum absolute atomic E-state index is 11.4. The van der Waals surface area contributed by atoms with Crippen LogP contribution in [0.15, 0.2) is 22.0 Å². The lowest BCUT2D eigenvalue weighted by molar-refractivity contribution is 0.323. The molecule has 0 radical (unpaired) electrons. The van der Waals surface area contributed by atoms with Crippen molar-refractivity contribution in [3.8, 4) is 10.7 Å². The van der Waals surface area contributed by atoms with E-state index >= 15 is 0 Å². The van der Waals surface area contributed by atoms with Gasteiger partial charge in [-0.15, -0.1) is 11.3 Å². The van der Waals surface area contributed by atoms with Crippen molar-refractivity contribution in [2.45, 2.75) is 13.5 Å². The van der Waals surface area contributed by atoms with Crippen LogP contribution in [-0.2, 0) is 16.6 Å². The highest BCUT2D eigenvalue weighted by atomic mass is 32.2. The first kappa shape index (κ1) is 13.2. The number of sulfonamides is 1. The summed E-state index contributed by atoms with van der Waals surface area (Å²) in [5, 5.41) is 5.75. The number of rotatable bonds is 5. The summed E-state index contributed by atoms with van der Waals surface area (Å²) in [5.41, 5.74) is 0. The van der Waals surface area contributed by atoms with Crippen LogP contribution in [0, 0.1) is 0 Å². The van der Waals surface area contributed by atoms with Gasteiger partial charge in [-0.2, -0.15) is 9.29 Å². The zero-order valence-electron chi connectivity index (χ0n) is 10.0. The standard InChI is InChI=1S/C10H13N3O3S2/c1-3-13(18(2,14)15)7-9-11-10(12-16-9)8-5-4-6-17-8/h4-6H,3,7H2,1-2H3. The van der Waals surface area contributed by atoms with Crippen molar-refractivity contribution in [2.24, 2.45) is 0 Å². The van der Waals surface area contributed by atoms with Gasteiger partial charge >= 0.3 is 0 Å². The number of thiophene rings is 1. The predicted octanol–water partition coefficient (Wildman–Crippen LogP) is 1.58. The highest BCUT2D eigenvalue weighted by Gasteiger charge is 2.19. The molecule has 2 rings (SSSR count).